The van der Waals surface area contributed by atoms with E-state index in [0.717, 1.165) is 17.3 Å². The van der Waals surface area contributed by atoms with E-state index in [1.54, 1.807) is 0 Å². The minimum absolute atomic E-state index is 0.0237. The number of hydrogen-bond donors (Lipinski definition) is 2. The lowest BCUT2D eigenvalue weighted by Crippen LogP contribution is -2.23. The first kappa shape index (κ1) is 12.1. The summed E-state index contributed by atoms with van der Waals surface area (Å²) in [5, 5.41) is 13.5. The van der Waals surface area contributed by atoms with E-state index in [-0.39, 0.29) is 17.9 Å². The van der Waals surface area contributed by atoms with E-state index >= 15 is 0 Å². The predicted octanol–water partition coefficient (Wildman–Crippen LogP) is 2.47. The van der Waals surface area contributed by atoms with Crippen molar-refractivity contribution >= 4 is 28.3 Å². The largest absolute Gasteiger partial charge is 0.394 e. The van der Waals surface area contributed by atoms with Crippen LogP contribution in [0, 0.1) is 0 Å². The van der Waals surface area contributed by atoms with Gasteiger partial charge in [-0.2, -0.15) is 0 Å². The maximum absolute atomic E-state index is 9.19. The average Bonchev–Trinajstić information content (AvgIpc) is 2.35. The van der Waals surface area contributed by atoms with Gasteiger partial charge < -0.3 is 10.4 Å². The first-order chi connectivity index (χ1) is 8.24. The summed E-state index contributed by atoms with van der Waals surface area (Å²) in [6.45, 7) is 2.06. The number of fused-ring (bicyclic) bond motifs is 1. The number of halogens is 1. The molecule has 1 heterocycles. The van der Waals surface area contributed by atoms with E-state index in [1.165, 1.54) is 0 Å². The van der Waals surface area contributed by atoms with Crippen LogP contribution in [-0.4, -0.2) is 27.7 Å². The minimum Gasteiger partial charge on any atom is -0.394 e. The molecule has 0 unspecified atom stereocenters. The van der Waals surface area contributed by atoms with Gasteiger partial charge in [-0.15, -0.1) is 0 Å². The Balaban J connectivity index is 2.44. The molecule has 0 saturated heterocycles. The summed E-state index contributed by atoms with van der Waals surface area (Å²) in [6, 6.07) is 7.61. The molecule has 0 aliphatic heterocycles. The lowest BCUT2D eigenvalue weighted by molar-refractivity contribution is 0.271. The van der Waals surface area contributed by atoms with E-state index in [1.807, 2.05) is 31.2 Å². The Morgan fingerprint density at radius 3 is 2.82 bits per heavy atom. The fraction of sp³-hybridized carbons (Fsp3) is 0.333. The maximum Gasteiger partial charge on any atom is 0.224 e. The van der Waals surface area contributed by atoms with Crippen molar-refractivity contribution in [3.8, 4) is 0 Å². The number of hydrogen-bond acceptors (Lipinski definition) is 4. The number of aromatic nitrogens is 2. The summed E-state index contributed by atoms with van der Waals surface area (Å²) in [5.41, 5.74) is 0.794. The molecule has 0 aliphatic carbocycles. The molecule has 0 spiro atoms. The highest BCUT2D eigenvalue weighted by Crippen LogP contribution is 2.22. The highest BCUT2D eigenvalue weighted by Gasteiger charge is 2.10. The van der Waals surface area contributed by atoms with Gasteiger partial charge in [0.2, 0.25) is 5.28 Å². The summed E-state index contributed by atoms with van der Waals surface area (Å²) >= 11 is 5.87. The van der Waals surface area contributed by atoms with Crippen LogP contribution >= 0.6 is 11.6 Å². The molecule has 0 aliphatic rings. The van der Waals surface area contributed by atoms with Crippen LogP contribution in [0.15, 0.2) is 24.3 Å². The molecule has 1 aromatic carbocycles. The van der Waals surface area contributed by atoms with Crippen molar-refractivity contribution in [3.63, 3.8) is 0 Å². The molecule has 2 N–H and O–H groups in total. The van der Waals surface area contributed by atoms with Gasteiger partial charge in [0.1, 0.15) is 5.82 Å². The van der Waals surface area contributed by atoms with Gasteiger partial charge >= 0.3 is 0 Å². The summed E-state index contributed by atoms with van der Waals surface area (Å²) < 4.78 is 0. The van der Waals surface area contributed by atoms with Crippen LogP contribution in [-0.2, 0) is 0 Å². The van der Waals surface area contributed by atoms with Crippen LogP contribution in [0.2, 0.25) is 5.28 Å². The zero-order valence-corrected chi connectivity index (χ0v) is 10.3. The first-order valence-corrected chi connectivity index (χ1v) is 5.92. The molecule has 17 heavy (non-hydrogen) atoms. The predicted molar refractivity (Wildman–Crippen MR) is 69.3 cm³/mol. The monoisotopic (exact) mass is 251 g/mol. The molecule has 0 amide bonds. The maximum atomic E-state index is 9.19. The third kappa shape index (κ3) is 2.65. The van der Waals surface area contributed by atoms with Crippen molar-refractivity contribution in [2.24, 2.45) is 0 Å². The van der Waals surface area contributed by atoms with Crippen molar-refractivity contribution in [1.29, 1.82) is 0 Å². The Morgan fingerprint density at radius 2 is 2.12 bits per heavy atom. The Hall–Kier alpha value is -1.39. The summed E-state index contributed by atoms with van der Waals surface area (Å²) in [6.07, 6.45) is 0.812. The second-order valence-corrected chi connectivity index (χ2v) is 4.13. The quantitative estimate of drug-likeness (QED) is 0.820. The van der Waals surface area contributed by atoms with Crippen LogP contribution in [0.4, 0.5) is 5.82 Å². The topological polar surface area (TPSA) is 58.0 Å². The van der Waals surface area contributed by atoms with Crippen molar-refractivity contribution in [2.75, 3.05) is 11.9 Å². The Bertz CT molecular complexity index is 514. The summed E-state index contributed by atoms with van der Waals surface area (Å²) in [4.78, 5) is 8.32. The summed E-state index contributed by atoms with van der Waals surface area (Å²) in [5.74, 6) is 0.668. The minimum atomic E-state index is -0.0237. The zero-order chi connectivity index (χ0) is 12.3. The fourth-order valence-electron chi connectivity index (χ4n) is 1.63. The molecule has 2 rings (SSSR count). The van der Waals surface area contributed by atoms with Crippen LogP contribution in [0.1, 0.15) is 13.3 Å². The SMILES string of the molecule is CC[C@H](CO)Nc1nc(Cl)nc2ccccc12. The smallest absolute Gasteiger partial charge is 0.224 e. The molecule has 0 bridgehead atoms. The molecule has 0 radical (unpaired) electrons. The number of anilines is 1. The van der Waals surface area contributed by atoms with Crippen molar-refractivity contribution < 1.29 is 5.11 Å². The van der Waals surface area contributed by atoms with Crippen LogP contribution < -0.4 is 5.32 Å². The normalized spacial score (nSPS) is 12.6. The number of aliphatic hydroxyl groups is 1. The second kappa shape index (κ2) is 5.29. The molecular weight excluding hydrogens is 238 g/mol. The molecule has 5 heteroatoms. The average molecular weight is 252 g/mol. The fourth-order valence-corrected chi connectivity index (χ4v) is 1.80. The van der Waals surface area contributed by atoms with Gasteiger partial charge in [-0.1, -0.05) is 19.1 Å². The van der Waals surface area contributed by atoms with Gasteiger partial charge in [0.15, 0.2) is 0 Å². The Labute approximate surface area is 105 Å². The van der Waals surface area contributed by atoms with Gasteiger partial charge in [0.25, 0.3) is 0 Å². The van der Waals surface area contributed by atoms with Gasteiger partial charge in [0.05, 0.1) is 18.2 Å². The number of para-hydroxylation sites is 1. The van der Waals surface area contributed by atoms with Crippen molar-refractivity contribution in [1.82, 2.24) is 9.97 Å². The van der Waals surface area contributed by atoms with E-state index in [9.17, 15) is 5.11 Å². The van der Waals surface area contributed by atoms with Gasteiger partial charge in [0, 0.05) is 5.39 Å². The molecule has 90 valence electrons. The van der Waals surface area contributed by atoms with Gasteiger partial charge in [-0.05, 0) is 30.2 Å². The lowest BCUT2D eigenvalue weighted by atomic mass is 10.2. The third-order valence-electron chi connectivity index (χ3n) is 2.63. The van der Waals surface area contributed by atoms with Crippen LogP contribution in [0.5, 0.6) is 0 Å². The van der Waals surface area contributed by atoms with Gasteiger partial charge in [-0.3, -0.25) is 0 Å². The zero-order valence-electron chi connectivity index (χ0n) is 9.52. The third-order valence-corrected chi connectivity index (χ3v) is 2.80. The van der Waals surface area contributed by atoms with E-state index in [2.05, 4.69) is 15.3 Å². The molecular formula is C12H14ClN3O. The molecule has 1 atom stereocenters. The highest BCUT2D eigenvalue weighted by molar-refractivity contribution is 6.28. The number of nitrogens with one attached hydrogen (secondary N) is 1. The summed E-state index contributed by atoms with van der Waals surface area (Å²) in [7, 11) is 0. The van der Waals surface area contributed by atoms with Crippen LogP contribution in [0.3, 0.4) is 0 Å². The van der Waals surface area contributed by atoms with Crippen molar-refractivity contribution in [2.45, 2.75) is 19.4 Å². The molecule has 2 aromatic rings. The lowest BCUT2D eigenvalue weighted by Gasteiger charge is -2.16. The highest BCUT2D eigenvalue weighted by atomic mass is 35.5. The standard InChI is InChI=1S/C12H14ClN3O/c1-2-8(7-17)14-11-9-5-3-4-6-10(9)15-12(13)16-11/h3-6,8,17H,2,7H2,1H3,(H,14,15,16)/t8-/m1/s1. The van der Waals surface area contributed by atoms with Gasteiger partial charge in [-0.25, -0.2) is 9.97 Å². The molecule has 1 aromatic heterocycles. The molecule has 0 fully saturated rings. The molecule has 4 nitrogen and oxygen atoms in total. The van der Waals surface area contributed by atoms with E-state index in [0.29, 0.717) is 5.82 Å². The Kier molecular flexibility index (Phi) is 3.76. The number of nitrogens with zero attached hydrogens (tertiary/aromatic N) is 2. The second-order valence-electron chi connectivity index (χ2n) is 3.79. The van der Waals surface area contributed by atoms with Crippen LogP contribution in [0.25, 0.3) is 10.9 Å². The number of benzene rings is 1. The molecule has 0 saturated carbocycles. The Morgan fingerprint density at radius 1 is 1.35 bits per heavy atom. The van der Waals surface area contributed by atoms with E-state index < -0.39 is 0 Å². The van der Waals surface area contributed by atoms with Crippen molar-refractivity contribution in [3.05, 3.63) is 29.5 Å². The first-order valence-electron chi connectivity index (χ1n) is 5.54. The number of aliphatic hydroxyl groups excluding tert-OH is 1. The van der Waals surface area contributed by atoms with E-state index in [4.69, 9.17) is 11.6 Å². The number of rotatable bonds is 4.